The molecule has 1 saturated heterocycles. The zero-order chi connectivity index (χ0) is 54.0. The fraction of sp³-hybridized carbons (Fsp3) is 0.873. The van der Waals surface area contributed by atoms with Gasteiger partial charge in [-0.2, -0.15) is 0 Å². The Morgan fingerprint density at radius 1 is 0.514 bits per heavy atom. The highest BCUT2D eigenvalue weighted by Gasteiger charge is 2.47. The molecule has 6 N–H and O–H groups in total. The van der Waals surface area contributed by atoms with Gasteiger partial charge in [0.1, 0.15) is 24.4 Å². The van der Waals surface area contributed by atoms with Crippen LogP contribution in [-0.2, 0) is 23.8 Å². The van der Waals surface area contributed by atoms with Crippen LogP contribution in [0.15, 0.2) is 36.5 Å². The molecule has 0 radical (unpaired) electrons. The highest BCUT2D eigenvalue weighted by atomic mass is 16.7. The summed E-state index contributed by atoms with van der Waals surface area (Å²) in [7, 11) is 0. The third-order valence-corrected chi connectivity index (χ3v) is 14.8. The fourth-order valence-corrected chi connectivity index (χ4v) is 9.76. The minimum atomic E-state index is -1.61. The third kappa shape index (κ3) is 39.3. The quantitative estimate of drug-likeness (QED) is 0.0195. The number of aliphatic hydroxyl groups excluding tert-OH is 5. The van der Waals surface area contributed by atoms with Crippen molar-refractivity contribution >= 4 is 11.9 Å². The molecule has 434 valence electrons. The molecule has 0 aromatic heterocycles. The number of esters is 1. The highest BCUT2D eigenvalue weighted by molar-refractivity contribution is 5.80. The van der Waals surface area contributed by atoms with Crippen LogP contribution in [0.5, 0.6) is 0 Å². The Hall–Kier alpha value is -2.12. The number of aliphatic hydroxyl groups is 5. The van der Waals surface area contributed by atoms with Crippen LogP contribution in [0.2, 0.25) is 0 Å². The predicted molar refractivity (Wildman–Crippen MR) is 306 cm³/mol. The van der Waals surface area contributed by atoms with E-state index in [2.05, 4.69) is 50.4 Å². The molecule has 1 aliphatic heterocycles. The number of ether oxygens (including phenoxy) is 3. The normalized spacial score (nSPS) is 19.5. The summed E-state index contributed by atoms with van der Waals surface area (Å²) in [5.41, 5.74) is 0. The van der Waals surface area contributed by atoms with Gasteiger partial charge in [-0.15, -0.1) is 0 Å². The monoisotopic (exact) mass is 1050 g/mol. The summed E-state index contributed by atoms with van der Waals surface area (Å²) >= 11 is 0. The van der Waals surface area contributed by atoms with Crippen molar-refractivity contribution in [3.05, 3.63) is 36.5 Å². The topological polar surface area (TPSA) is 175 Å². The van der Waals surface area contributed by atoms with Crippen LogP contribution in [-0.4, -0.2) is 99.6 Å². The third-order valence-electron chi connectivity index (χ3n) is 14.8. The lowest BCUT2D eigenvalue weighted by atomic mass is 9.99. The average Bonchev–Trinajstić information content (AvgIpc) is 3.40. The fourth-order valence-electron chi connectivity index (χ4n) is 9.76. The Bertz CT molecular complexity index is 1340. The van der Waals surface area contributed by atoms with E-state index >= 15 is 0 Å². The molecular weight excluding hydrogens is 931 g/mol. The highest BCUT2D eigenvalue weighted by Crippen LogP contribution is 2.26. The largest absolute Gasteiger partial charge is 0.454 e. The summed E-state index contributed by atoms with van der Waals surface area (Å²) in [5.74, 6) is -1.20. The van der Waals surface area contributed by atoms with E-state index in [-0.39, 0.29) is 19.4 Å². The number of hydrogen-bond acceptors (Lipinski definition) is 10. The number of nitrogens with one attached hydrogen (secondary N) is 1. The van der Waals surface area contributed by atoms with Gasteiger partial charge in [-0.1, -0.05) is 243 Å². The maximum Gasteiger partial charge on any atom is 0.306 e. The molecule has 11 nitrogen and oxygen atoms in total. The smallest absolute Gasteiger partial charge is 0.306 e. The molecule has 0 aromatic carbocycles. The number of carbonyl (C=O) groups excluding carboxylic acids is 2. The van der Waals surface area contributed by atoms with Crippen LogP contribution >= 0.6 is 0 Å². The first-order valence-electron chi connectivity index (χ1n) is 31.3. The second kappa shape index (κ2) is 51.6. The summed E-state index contributed by atoms with van der Waals surface area (Å²) in [4.78, 5) is 26.5. The molecular formula is C63H117NO10. The molecule has 0 aliphatic carbocycles. The van der Waals surface area contributed by atoms with Crippen LogP contribution in [0, 0.1) is 0 Å². The minimum Gasteiger partial charge on any atom is -0.454 e. The molecule has 74 heavy (non-hydrogen) atoms. The molecule has 0 bridgehead atoms. The summed E-state index contributed by atoms with van der Waals surface area (Å²) in [5, 5.41) is 56.9. The maximum absolute atomic E-state index is 13.4. The lowest BCUT2D eigenvalue weighted by Crippen LogP contribution is -2.61. The van der Waals surface area contributed by atoms with Gasteiger partial charge in [-0.25, -0.2) is 0 Å². The Balaban J connectivity index is 2.64. The lowest BCUT2D eigenvalue weighted by molar-refractivity contribution is -0.305. The summed E-state index contributed by atoms with van der Waals surface area (Å²) in [6.45, 7) is 5.78. The van der Waals surface area contributed by atoms with Crippen LogP contribution in [0.4, 0.5) is 0 Å². The van der Waals surface area contributed by atoms with Crippen LogP contribution < -0.4 is 5.32 Å². The zero-order valence-electron chi connectivity index (χ0n) is 48.0. The van der Waals surface area contributed by atoms with Gasteiger partial charge in [-0.05, 0) is 77.0 Å². The van der Waals surface area contributed by atoms with E-state index < -0.39 is 67.4 Å². The van der Waals surface area contributed by atoms with Gasteiger partial charge in [0.25, 0.3) is 0 Å². The van der Waals surface area contributed by atoms with Crippen molar-refractivity contribution in [1.29, 1.82) is 0 Å². The van der Waals surface area contributed by atoms with Crippen LogP contribution in [0.3, 0.4) is 0 Å². The lowest BCUT2D eigenvalue weighted by Gasteiger charge is -2.41. The van der Waals surface area contributed by atoms with Crippen LogP contribution in [0.1, 0.15) is 290 Å². The van der Waals surface area contributed by atoms with E-state index in [0.29, 0.717) is 12.8 Å². The molecule has 8 unspecified atom stereocenters. The van der Waals surface area contributed by atoms with Crippen molar-refractivity contribution in [1.82, 2.24) is 5.32 Å². The van der Waals surface area contributed by atoms with Gasteiger partial charge in [0.15, 0.2) is 12.4 Å². The van der Waals surface area contributed by atoms with E-state index in [1.54, 1.807) is 6.08 Å². The minimum absolute atomic E-state index is 0.123. The van der Waals surface area contributed by atoms with Gasteiger partial charge in [0.05, 0.1) is 25.4 Å². The second-order valence-corrected chi connectivity index (χ2v) is 21.8. The molecule has 0 aromatic rings. The number of unbranched alkanes of at least 4 members (excludes halogenated alkanes) is 35. The first-order valence-corrected chi connectivity index (χ1v) is 31.3. The molecule has 0 saturated carbocycles. The van der Waals surface area contributed by atoms with E-state index in [4.69, 9.17) is 14.2 Å². The second-order valence-electron chi connectivity index (χ2n) is 21.8. The van der Waals surface area contributed by atoms with Crippen molar-refractivity contribution in [2.45, 2.75) is 339 Å². The SMILES string of the molecule is CCCCCCCC/C=C\CCCCC(O)C(=O)NC(COC1OC(CO)C(O)C(O)C1OC(=O)CCCCCCCCCCCCC/C=C/CCCCCCCC)C(O)/C=C/CCCCCCCCCCCC. The maximum atomic E-state index is 13.4. The van der Waals surface area contributed by atoms with Crippen molar-refractivity contribution in [2.24, 2.45) is 0 Å². The Morgan fingerprint density at radius 2 is 0.892 bits per heavy atom. The molecule has 1 rings (SSSR count). The summed E-state index contributed by atoms with van der Waals surface area (Å²) in [6.07, 6.45) is 50.5. The average molecular weight is 1050 g/mol. The van der Waals surface area contributed by atoms with Gasteiger partial charge < -0.3 is 45.1 Å². The Morgan fingerprint density at radius 3 is 1.31 bits per heavy atom. The molecule has 1 heterocycles. The standard InChI is InChI=1S/C63H117NO10/c1-4-7-10-13-16-19-22-25-26-27-28-29-30-31-32-33-36-39-42-45-48-51-58(68)74-61-60(70)59(69)57(52-65)73-63(61)72-53-54(55(66)49-46-43-40-37-34-23-20-17-14-11-8-5-2)64-62(71)56(67)50-47-44-41-38-35-24-21-18-15-12-9-6-3/h25-26,35,38,46,49,54-57,59-61,63,65-67,69-70H,4-24,27-34,36-37,39-45,47-48,50-53H2,1-3H3,(H,64,71)/b26-25+,38-35-,49-46+. The predicted octanol–water partition coefficient (Wildman–Crippen LogP) is 14.7. The number of carbonyl (C=O) groups is 2. The van der Waals surface area contributed by atoms with Gasteiger partial charge in [-0.3, -0.25) is 9.59 Å². The molecule has 1 aliphatic rings. The molecule has 1 fully saturated rings. The number of allylic oxidation sites excluding steroid dienone is 5. The van der Waals surface area contributed by atoms with Gasteiger partial charge in [0.2, 0.25) is 5.91 Å². The van der Waals surface area contributed by atoms with Crippen molar-refractivity contribution in [3.8, 4) is 0 Å². The summed E-state index contributed by atoms with van der Waals surface area (Å²) in [6, 6.07) is -1.03. The van der Waals surface area contributed by atoms with Crippen LogP contribution in [0.25, 0.3) is 0 Å². The zero-order valence-corrected chi connectivity index (χ0v) is 48.0. The van der Waals surface area contributed by atoms with E-state index in [9.17, 15) is 35.1 Å². The number of hydrogen-bond donors (Lipinski definition) is 6. The summed E-state index contributed by atoms with van der Waals surface area (Å²) < 4.78 is 17.6. The first-order chi connectivity index (χ1) is 36.2. The Kier molecular flexibility index (Phi) is 48.8. The van der Waals surface area contributed by atoms with Gasteiger partial charge in [0, 0.05) is 6.42 Å². The Labute approximate surface area is 453 Å². The first kappa shape index (κ1) is 69.9. The molecule has 0 spiro atoms. The molecule has 1 amide bonds. The molecule has 11 heteroatoms. The number of amides is 1. The number of rotatable bonds is 53. The van der Waals surface area contributed by atoms with E-state index in [0.717, 1.165) is 57.8 Å². The van der Waals surface area contributed by atoms with E-state index in [1.807, 2.05) is 6.08 Å². The van der Waals surface area contributed by atoms with Crippen molar-refractivity contribution in [3.63, 3.8) is 0 Å². The van der Waals surface area contributed by atoms with Crippen molar-refractivity contribution < 1.29 is 49.3 Å². The van der Waals surface area contributed by atoms with E-state index in [1.165, 1.54) is 186 Å². The molecule has 8 atom stereocenters. The van der Waals surface area contributed by atoms with Crippen molar-refractivity contribution in [2.75, 3.05) is 13.2 Å². The van der Waals surface area contributed by atoms with Gasteiger partial charge >= 0.3 is 5.97 Å².